The number of methoxy groups -OCH3 is 2. The largest absolute Gasteiger partial charge is 0.496 e. The summed E-state index contributed by atoms with van der Waals surface area (Å²) >= 11 is 0. The first kappa shape index (κ1) is 19.1. The number of carbonyl (C=O) groups excluding carboxylic acids is 1. The van der Waals surface area contributed by atoms with Gasteiger partial charge in [-0.05, 0) is 20.2 Å². The molecule has 0 aromatic heterocycles. The lowest BCUT2D eigenvalue weighted by Gasteiger charge is -2.15. The molecular formula is C17H23ClN2O3. The SMILES string of the molecule is COc1cc(C(=O)NCCN(C)C)c(OC)c2ccccc12.Cl. The van der Waals surface area contributed by atoms with Crippen LogP contribution in [0.5, 0.6) is 11.5 Å². The summed E-state index contributed by atoms with van der Waals surface area (Å²) < 4.78 is 10.9. The van der Waals surface area contributed by atoms with Crippen molar-refractivity contribution in [3.8, 4) is 11.5 Å². The highest BCUT2D eigenvalue weighted by Crippen LogP contribution is 2.36. The molecule has 0 aliphatic heterocycles. The van der Waals surface area contributed by atoms with Crippen LogP contribution in [0.4, 0.5) is 0 Å². The van der Waals surface area contributed by atoms with Gasteiger partial charge in [0.15, 0.2) is 0 Å². The molecule has 126 valence electrons. The van der Waals surface area contributed by atoms with E-state index in [-0.39, 0.29) is 18.3 Å². The number of ether oxygens (including phenoxy) is 2. The molecule has 0 spiro atoms. The zero-order valence-corrected chi connectivity index (χ0v) is 14.7. The van der Waals surface area contributed by atoms with Crippen molar-refractivity contribution in [3.63, 3.8) is 0 Å². The molecule has 2 rings (SSSR count). The van der Waals surface area contributed by atoms with Gasteiger partial charge in [0.05, 0.1) is 19.8 Å². The maximum atomic E-state index is 12.5. The highest BCUT2D eigenvalue weighted by Gasteiger charge is 2.18. The highest BCUT2D eigenvalue weighted by molar-refractivity contribution is 6.06. The fourth-order valence-corrected chi connectivity index (χ4v) is 2.36. The maximum Gasteiger partial charge on any atom is 0.255 e. The molecule has 2 aromatic rings. The average molecular weight is 339 g/mol. The van der Waals surface area contributed by atoms with Gasteiger partial charge in [-0.2, -0.15) is 0 Å². The molecule has 0 radical (unpaired) electrons. The number of rotatable bonds is 6. The molecule has 2 aromatic carbocycles. The lowest BCUT2D eigenvalue weighted by atomic mass is 10.0. The topological polar surface area (TPSA) is 50.8 Å². The summed E-state index contributed by atoms with van der Waals surface area (Å²) in [5.74, 6) is 1.07. The van der Waals surface area contributed by atoms with Crippen molar-refractivity contribution in [2.45, 2.75) is 0 Å². The normalized spacial score (nSPS) is 10.3. The summed E-state index contributed by atoms with van der Waals surface area (Å²) in [7, 11) is 7.10. The lowest BCUT2D eigenvalue weighted by Crippen LogP contribution is -2.31. The van der Waals surface area contributed by atoms with Crippen LogP contribution < -0.4 is 14.8 Å². The molecule has 0 saturated carbocycles. The monoisotopic (exact) mass is 338 g/mol. The molecule has 1 N–H and O–H groups in total. The minimum Gasteiger partial charge on any atom is -0.496 e. The van der Waals surface area contributed by atoms with Gasteiger partial charge >= 0.3 is 0 Å². The fraction of sp³-hybridized carbons (Fsp3) is 0.353. The Balaban J connectivity index is 0.00000264. The van der Waals surface area contributed by atoms with Gasteiger partial charge in [-0.1, -0.05) is 24.3 Å². The van der Waals surface area contributed by atoms with Crippen LogP contribution >= 0.6 is 12.4 Å². The molecule has 0 saturated heterocycles. The summed E-state index contributed by atoms with van der Waals surface area (Å²) in [6.07, 6.45) is 0. The quantitative estimate of drug-likeness (QED) is 0.879. The standard InChI is InChI=1S/C17H22N2O3.ClH/c1-19(2)10-9-18-17(20)14-11-15(21-3)12-7-5-6-8-13(12)16(14)22-4;/h5-8,11H,9-10H2,1-4H3,(H,18,20);1H. The van der Waals surface area contributed by atoms with Crippen LogP contribution in [-0.4, -0.2) is 52.2 Å². The Labute approximate surface area is 143 Å². The smallest absolute Gasteiger partial charge is 0.255 e. The van der Waals surface area contributed by atoms with E-state index in [1.54, 1.807) is 20.3 Å². The van der Waals surface area contributed by atoms with Gasteiger partial charge in [0.25, 0.3) is 5.91 Å². The molecule has 0 heterocycles. The van der Waals surface area contributed by atoms with Crippen molar-refractivity contribution < 1.29 is 14.3 Å². The second-order valence-corrected chi connectivity index (χ2v) is 5.26. The van der Waals surface area contributed by atoms with Crippen LogP contribution in [0.2, 0.25) is 0 Å². The zero-order chi connectivity index (χ0) is 16.1. The third-order valence-electron chi connectivity index (χ3n) is 3.47. The van der Waals surface area contributed by atoms with Gasteiger partial charge in [-0.25, -0.2) is 0 Å². The molecule has 0 aliphatic carbocycles. The minimum absolute atomic E-state index is 0. The van der Waals surface area contributed by atoms with Gasteiger partial charge in [0, 0.05) is 23.9 Å². The Kier molecular flexibility index (Phi) is 7.13. The summed E-state index contributed by atoms with van der Waals surface area (Å²) in [4.78, 5) is 14.5. The van der Waals surface area contributed by atoms with Crippen molar-refractivity contribution in [1.82, 2.24) is 10.2 Å². The van der Waals surface area contributed by atoms with Gasteiger partial charge in [0.2, 0.25) is 0 Å². The van der Waals surface area contributed by atoms with Crippen LogP contribution in [0.3, 0.4) is 0 Å². The average Bonchev–Trinajstić information content (AvgIpc) is 2.52. The van der Waals surface area contributed by atoms with E-state index in [2.05, 4.69) is 5.32 Å². The molecule has 6 heteroatoms. The number of nitrogens with one attached hydrogen (secondary N) is 1. The summed E-state index contributed by atoms with van der Waals surface area (Å²) in [6, 6.07) is 9.45. The molecule has 0 fully saturated rings. The van der Waals surface area contributed by atoms with Crippen molar-refractivity contribution >= 4 is 29.1 Å². The minimum atomic E-state index is -0.164. The van der Waals surface area contributed by atoms with Gasteiger partial charge in [-0.15, -0.1) is 12.4 Å². The molecular weight excluding hydrogens is 316 g/mol. The molecule has 0 aliphatic rings. The number of halogens is 1. The van der Waals surface area contributed by atoms with E-state index in [9.17, 15) is 4.79 Å². The van der Waals surface area contributed by atoms with E-state index < -0.39 is 0 Å². The second kappa shape index (κ2) is 8.60. The number of carbonyl (C=O) groups is 1. The van der Waals surface area contributed by atoms with Gasteiger partial charge < -0.3 is 19.7 Å². The Bertz CT molecular complexity index is 674. The number of hydrogen-bond acceptors (Lipinski definition) is 4. The maximum absolute atomic E-state index is 12.5. The Morgan fingerprint density at radius 1 is 1.13 bits per heavy atom. The predicted octanol–water partition coefficient (Wildman–Crippen LogP) is 2.57. The summed E-state index contributed by atoms with van der Waals surface area (Å²) in [6.45, 7) is 1.35. The number of benzene rings is 2. The highest BCUT2D eigenvalue weighted by atomic mass is 35.5. The zero-order valence-electron chi connectivity index (χ0n) is 13.9. The molecule has 5 nitrogen and oxygen atoms in total. The third kappa shape index (κ3) is 4.27. The van der Waals surface area contributed by atoms with Crippen LogP contribution in [0, 0.1) is 0 Å². The summed E-state index contributed by atoms with van der Waals surface area (Å²) in [5, 5.41) is 4.69. The van der Waals surface area contributed by atoms with Crippen molar-refractivity contribution in [2.75, 3.05) is 41.4 Å². The van der Waals surface area contributed by atoms with Crippen LogP contribution in [0.15, 0.2) is 30.3 Å². The first-order chi connectivity index (χ1) is 10.6. The van der Waals surface area contributed by atoms with E-state index in [4.69, 9.17) is 9.47 Å². The lowest BCUT2D eigenvalue weighted by molar-refractivity contribution is 0.0948. The number of nitrogens with zero attached hydrogens (tertiary/aromatic N) is 1. The summed E-state index contributed by atoms with van der Waals surface area (Å²) in [5.41, 5.74) is 0.483. The fourth-order valence-electron chi connectivity index (χ4n) is 2.36. The van der Waals surface area contributed by atoms with Gasteiger partial charge in [-0.3, -0.25) is 4.79 Å². The number of amides is 1. The van der Waals surface area contributed by atoms with Gasteiger partial charge in [0.1, 0.15) is 11.5 Å². The van der Waals surface area contributed by atoms with E-state index in [0.29, 0.717) is 23.6 Å². The number of fused-ring (bicyclic) bond motifs is 1. The van der Waals surface area contributed by atoms with E-state index in [1.807, 2.05) is 43.3 Å². The number of hydrogen-bond donors (Lipinski definition) is 1. The number of likely N-dealkylation sites (N-methyl/N-ethyl adjacent to an activating group) is 1. The van der Waals surface area contributed by atoms with Crippen molar-refractivity contribution in [3.05, 3.63) is 35.9 Å². The Hall–Kier alpha value is -1.98. The molecule has 23 heavy (non-hydrogen) atoms. The van der Waals surface area contributed by atoms with Crippen molar-refractivity contribution in [1.29, 1.82) is 0 Å². The first-order valence-corrected chi connectivity index (χ1v) is 7.15. The van der Waals surface area contributed by atoms with Crippen LogP contribution in [0.25, 0.3) is 10.8 Å². The second-order valence-electron chi connectivity index (χ2n) is 5.26. The van der Waals surface area contributed by atoms with E-state index in [0.717, 1.165) is 17.3 Å². The predicted molar refractivity (Wildman–Crippen MR) is 95.2 cm³/mol. The molecule has 1 amide bonds. The Morgan fingerprint density at radius 2 is 1.78 bits per heavy atom. The van der Waals surface area contributed by atoms with E-state index in [1.165, 1.54) is 0 Å². The molecule has 0 atom stereocenters. The molecule has 0 unspecified atom stereocenters. The van der Waals surface area contributed by atoms with Crippen LogP contribution in [-0.2, 0) is 0 Å². The van der Waals surface area contributed by atoms with Crippen molar-refractivity contribution in [2.24, 2.45) is 0 Å². The Morgan fingerprint density at radius 3 is 2.35 bits per heavy atom. The third-order valence-corrected chi connectivity index (χ3v) is 3.47. The molecule has 0 bridgehead atoms. The van der Waals surface area contributed by atoms with E-state index >= 15 is 0 Å². The van der Waals surface area contributed by atoms with Crippen LogP contribution in [0.1, 0.15) is 10.4 Å². The first-order valence-electron chi connectivity index (χ1n) is 7.15.